The Balaban J connectivity index is 2.12. The first kappa shape index (κ1) is 13.1. The molecule has 98 valence electrons. The van der Waals surface area contributed by atoms with Crippen LogP contribution in [0, 0.1) is 21.3 Å². The van der Waals surface area contributed by atoms with Crippen molar-refractivity contribution in [3.8, 4) is 5.75 Å². The minimum Gasteiger partial charge on any atom is -0.486 e. The van der Waals surface area contributed by atoms with Crippen LogP contribution in [0.25, 0.3) is 0 Å². The molecule has 0 amide bonds. The number of nitrogens with zero attached hydrogens (tertiary/aromatic N) is 1. The summed E-state index contributed by atoms with van der Waals surface area (Å²) in [4.78, 5) is 10.2. The number of hydrogen-bond donors (Lipinski definition) is 1. The summed E-state index contributed by atoms with van der Waals surface area (Å²) >= 11 is 4.28. The van der Waals surface area contributed by atoms with Crippen molar-refractivity contribution in [1.82, 2.24) is 0 Å². The highest BCUT2D eigenvalue weighted by atomic mass is 32.1. The molecule has 1 aliphatic carbocycles. The molecule has 2 rings (SSSR count). The Bertz CT molecular complexity index is 457. The highest BCUT2D eigenvalue weighted by Crippen LogP contribution is 2.42. The van der Waals surface area contributed by atoms with Crippen LogP contribution in [-0.4, -0.2) is 17.3 Å². The fourth-order valence-corrected chi connectivity index (χ4v) is 2.42. The third kappa shape index (κ3) is 2.58. The van der Waals surface area contributed by atoms with Gasteiger partial charge in [0.15, 0.2) is 5.75 Å². The number of halogens is 1. The Labute approximate surface area is 110 Å². The molecule has 1 aliphatic rings. The van der Waals surface area contributed by atoms with Crippen LogP contribution in [0.4, 0.5) is 10.1 Å². The average Bonchev–Trinajstić information content (AvgIpc) is 2.28. The molecule has 0 unspecified atom stereocenters. The van der Waals surface area contributed by atoms with Crippen LogP contribution in [0.3, 0.4) is 0 Å². The van der Waals surface area contributed by atoms with Gasteiger partial charge in [0.25, 0.3) is 0 Å². The molecule has 1 saturated carbocycles. The van der Waals surface area contributed by atoms with Gasteiger partial charge in [-0.05, 0) is 24.7 Å². The lowest BCUT2D eigenvalue weighted by Crippen LogP contribution is -2.37. The molecular formula is C12H14FNO3S. The van der Waals surface area contributed by atoms with Gasteiger partial charge in [0.1, 0.15) is 5.82 Å². The van der Waals surface area contributed by atoms with Crippen LogP contribution in [0.15, 0.2) is 18.2 Å². The van der Waals surface area contributed by atoms with Gasteiger partial charge >= 0.3 is 5.69 Å². The molecule has 1 aromatic rings. The van der Waals surface area contributed by atoms with E-state index < -0.39 is 10.7 Å². The Morgan fingerprint density at radius 3 is 2.72 bits per heavy atom. The molecule has 0 radical (unpaired) electrons. The number of hydrogen-bond acceptors (Lipinski definition) is 4. The van der Waals surface area contributed by atoms with Crippen LogP contribution in [0.1, 0.15) is 19.3 Å². The van der Waals surface area contributed by atoms with Gasteiger partial charge in [0.2, 0.25) is 0 Å². The van der Waals surface area contributed by atoms with Crippen molar-refractivity contribution >= 4 is 18.3 Å². The molecule has 0 spiro atoms. The lowest BCUT2D eigenvalue weighted by Gasteiger charge is -2.40. The molecule has 0 atom stereocenters. The van der Waals surface area contributed by atoms with Gasteiger partial charge in [-0.2, -0.15) is 12.6 Å². The van der Waals surface area contributed by atoms with E-state index in [0.29, 0.717) is 12.4 Å². The first-order valence-corrected chi connectivity index (χ1v) is 6.37. The van der Waals surface area contributed by atoms with Gasteiger partial charge in [-0.25, -0.2) is 4.39 Å². The van der Waals surface area contributed by atoms with E-state index in [-0.39, 0.29) is 16.9 Å². The number of benzene rings is 1. The maximum absolute atomic E-state index is 13.1. The number of ether oxygens (including phenoxy) is 1. The lowest BCUT2D eigenvalue weighted by atomic mass is 9.71. The molecule has 0 bridgehead atoms. The molecule has 18 heavy (non-hydrogen) atoms. The van der Waals surface area contributed by atoms with E-state index >= 15 is 0 Å². The van der Waals surface area contributed by atoms with Crippen molar-refractivity contribution in [2.75, 3.05) is 12.4 Å². The largest absolute Gasteiger partial charge is 0.486 e. The van der Waals surface area contributed by atoms with Crippen LogP contribution in [-0.2, 0) is 0 Å². The maximum atomic E-state index is 13.1. The molecule has 1 aromatic carbocycles. The second-order valence-corrected chi connectivity index (χ2v) is 4.99. The summed E-state index contributed by atoms with van der Waals surface area (Å²) in [5.41, 5.74) is -0.214. The highest BCUT2D eigenvalue weighted by Gasteiger charge is 2.37. The Morgan fingerprint density at radius 1 is 1.50 bits per heavy atom. The zero-order valence-electron chi connectivity index (χ0n) is 9.76. The fraction of sp³-hybridized carbons (Fsp3) is 0.500. The molecule has 0 saturated heterocycles. The topological polar surface area (TPSA) is 52.4 Å². The average molecular weight is 271 g/mol. The van der Waals surface area contributed by atoms with Gasteiger partial charge in [-0.1, -0.05) is 6.42 Å². The summed E-state index contributed by atoms with van der Waals surface area (Å²) in [6.45, 7) is 0.348. The summed E-state index contributed by atoms with van der Waals surface area (Å²) in [5, 5.41) is 10.8. The van der Waals surface area contributed by atoms with Crippen LogP contribution in [0.5, 0.6) is 5.75 Å². The van der Waals surface area contributed by atoms with E-state index in [1.165, 1.54) is 0 Å². The fourth-order valence-electron chi connectivity index (χ4n) is 2.01. The zero-order chi connectivity index (χ0) is 13.2. The Hall–Kier alpha value is -1.30. The highest BCUT2D eigenvalue weighted by molar-refractivity contribution is 7.80. The van der Waals surface area contributed by atoms with Gasteiger partial charge in [-0.3, -0.25) is 10.1 Å². The number of rotatable bonds is 5. The summed E-state index contributed by atoms with van der Waals surface area (Å²) in [6, 6.07) is 3.24. The van der Waals surface area contributed by atoms with Crippen molar-refractivity contribution in [2.24, 2.45) is 5.41 Å². The van der Waals surface area contributed by atoms with Crippen molar-refractivity contribution in [3.05, 3.63) is 34.1 Å². The molecule has 0 heterocycles. The predicted molar refractivity (Wildman–Crippen MR) is 68.7 cm³/mol. The van der Waals surface area contributed by atoms with E-state index in [9.17, 15) is 14.5 Å². The van der Waals surface area contributed by atoms with Crippen LogP contribution in [0.2, 0.25) is 0 Å². The normalized spacial score (nSPS) is 17.0. The predicted octanol–water partition coefficient (Wildman–Crippen LogP) is 3.21. The number of thiol groups is 1. The van der Waals surface area contributed by atoms with Crippen molar-refractivity contribution < 1.29 is 14.1 Å². The number of nitro groups is 1. The first-order chi connectivity index (χ1) is 8.56. The molecule has 6 heteroatoms. The summed E-state index contributed by atoms with van der Waals surface area (Å²) in [5.74, 6) is 0.132. The molecule has 0 aromatic heterocycles. The standard InChI is InChI=1S/C12H14FNO3S/c13-9-2-3-10(14(15)16)11(6-9)17-7-12(8-18)4-1-5-12/h2-3,6,18H,1,4-5,7-8H2. The van der Waals surface area contributed by atoms with Gasteiger partial charge in [0, 0.05) is 17.5 Å². The molecule has 1 fully saturated rings. The van der Waals surface area contributed by atoms with Crippen LogP contribution < -0.4 is 4.74 Å². The molecule has 0 N–H and O–H groups in total. The monoisotopic (exact) mass is 271 g/mol. The molecular weight excluding hydrogens is 257 g/mol. The Morgan fingerprint density at radius 2 is 2.22 bits per heavy atom. The molecule has 0 aliphatic heterocycles. The van der Waals surface area contributed by atoms with E-state index in [0.717, 1.165) is 37.5 Å². The van der Waals surface area contributed by atoms with Gasteiger partial charge in [0.05, 0.1) is 11.5 Å². The van der Waals surface area contributed by atoms with Gasteiger partial charge < -0.3 is 4.74 Å². The quantitative estimate of drug-likeness (QED) is 0.508. The van der Waals surface area contributed by atoms with E-state index in [1.807, 2.05) is 0 Å². The first-order valence-electron chi connectivity index (χ1n) is 5.74. The second kappa shape index (κ2) is 5.14. The van der Waals surface area contributed by atoms with Crippen molar-refractivity contribution in [1.29, 1.82) is 0 Å². The van der Waals surface area contributed by atoms with E-state index in [4.69, 9.17) is 4.74 Å². The molecule has 4 nitrogen and oxygen atoms in total. The van der Waals surface area contributed by atoms with E-state index in [1.54, 1.807) is 0 Å². The summed E-state index contributed by atoms with van der Waals surface area (Å²) in [6.07, 6.45) is 3.12. The van der Waals surface area contributed by atoms with Gasteiger partial charge in [-0.15, -0.1) is 0 Å². The third-order valence-corrected chi connectivity index (χ3v) is 4.07. The van der Waals surface area contributed by atoms with Crippen molar-refractivity contribution in [3.63, 3.8) is 0 Å². The third-order valence-electron chi connectivity index (χ3n) is 3.40. The SMILES string of the molecule is O=[N+]([O-])c1ccc(F)cc1OCC1(CS)CCC1. The number of nitro benzene ring substituents is 1. The summed E-state index contributed by atoms with van der Waals surface area (Å²) in [7, 11) is 0. The zero-order valence-corrected chi connectivity index (χ0v) is 10.7. The Kier molecular flexibility index (Phi) is 3.75. The minimum absolute atomic E-state index is 0.00643. The summed E-state index contributed by atoms with van der Waals surface area (Å²) < 4.78 is 18.5. The maximum Gasteiger partial charge on any atom is 0.311 e. The minimum atomic E-state index is -0.567. The van der Waals surface area contributed by atoms with E-state index in [2.05, 4.69) is 12.6 Å². The lowest BCUT2D eigenvalue weighted by molar-refractivity contribution is -0.386. The second-order valence-electron chi connectivity index (χ2n) is 4.67. The smallest absolute Gasteiger partial charge is 0.311 e. The van der Waals surface area contributed by atoms with Crippen LogP contribution >= 0.6 is 12.6 Å². The van der Waals surface area contributed by atoms with Crippen molar-refractivity contribution in [2.45, 2.75) is 19.3 Å².